The molecule has 1 atom stereocenters. The van der Waals surface area contributed by atoms with Crippen LogP contribution in [0.2, 0.25) is 0 Å². The zero-order valence-electron chi connectivity index (χ0n) is 10.5. The van der Waals surface area contributed by atoms with Crippen LogP contribution in [0.4, 0.5) is 0 Å². The molecule has 3 heteroatoms. The molecule has 1 heterocycles. The topological polar surface area (TPSA) is 15.3 Å². The molecule has 0 aromatic carbocycles. The first kappa shape index (κ1) is 13.3. The Kier molecular flexibility index (Phi) is 6.69. The van der Waals surface area contributed by atoms with Crippen LogP contribution < -0.4 is 5.32 Å². The van der Waals surface area contributed by atoms with Crippen LogP contribution in [-0.4, -0.2) is 48.6 Å². The Bertz CT molecular complexity index is 162. The number of nitrogens with zero attached hydrogens (tertiary/aromatic N) is 1. The largest absolute Gasteiger partial charge is 0.311 e. The molecule has 0 aromatic rings. The molecule has 2 nitrogen and oxygen atoms in total. The van der Waals surface area contributed by atoms with Gasteiger partial charge in [0, 0.05) is 25.7 Å². The van der Waals surface area contributed by atoms with Gasteiger partial charge in [0.05, 0.1) is 0 Å². The van der Waals surface area contributed by atoms with Crippen LogP contribution in [0, 0.1) is 5.92 Å². The van der Waals surface area contributed by atoms with E-state index in [2.05, 4.69) is 42.7 Å². The predicted octanol–water partition coefficient (Wildman–Crippen LogP) is 2.06. The molecule has 1 rings (SSSR count). The quantitative estimate of drug-likeness (QED) is 0.703. The Morgan fingerprint density at radius 1 is 1.47 bits per heavy atom. The fraction of sp³-hybridized carbons (Fsp3) is 1.00. The van der Waals surface area contributed by atoms with Gasteiger partial charge in [0.1, 0.15) is 0 Å². The molecule has 0 aromatic heterocycles. The van der Waals surface area contributed by atoms with Gasteiger partial charge in [0.15, 0.2) is 0 Å². The fourth-order valence-electron chi connectivity index (χ4n) is 2.03. The summed E-state index contributed by atoms with van der Waals surface area (Å²) in [6, 6.07) is 0.706. The van der Waals surface area contributed by atoms with Gasteiger partial charge in [0.2, 0.25) is 0 Å². The van der Waals surface area contributed by atoms with E-state index in [1.54, 1.807) is 0 Å². The van der Waals surface area contributed by atoms with Crippen LogP contribution in [0.3, 0.4) is 0 Å². The van der Waals surface area contributed by atoms with E-state index >= 15 is 0 Å². The number of piperazine rings is 1. The van der Waals surface area contributed by atoms with E-state index in [0.29, 0.717) is 6.04 Å². The standard InChI is InChI=1S/C12H26N2S/c1-4-15-9-5-7-14-8-6-13-12(10-14)11(2)3/h11-13H,4-10H2,1-3H3. The van der Waals surface area contributed by atoms with Crippen molar-refractivity contribution in [2.45, 2.75) is 33.2 Å². The molecule has 0 saturated carbocycles. The fourth-order valence-corrected chi connectivity index (χ4v) is 2.65. The lowest BCUT2D eigenvalue weighted by Gasteiger charge is -2.35. The molecule has 0 amide bonds. The molecule has 15 heavy (non-hydrogen) atoms. The average Bonchev–Trinajstić information content (AvgIpc) is 2.25. The van der Waals surface area contributed by atoms with Crippen LogP contribution in [0.5, 0.6) is 0 Å². The SMILES string of the molecule is CCSCCCN1CCNC(C(C)C)C1. The van der Waals surface area contributed by atoms with Crippen LogP contribution in [0.25, 0.3) is 0 Å². The summed E-state index contributed by atoms with van der Waals surface area (Å²) in [5.74, 6) is 3.35. The highest BCUT2D eigenvalue weighted by atomic mass is 32.2. The molecule has 1 unspecified atom stereocenters. The van der Waals surface area contributed by atoms with Crippen molar-refractivity contribution >= 4 is 11.8 Å². The third kappa shape index (κ3) is 5.23. The van der Waals surface area contributed by atoms with E-state index in [1.165, 1.54) is 44.1 Å². The molecule has 1 saturated heterocycles. The summed E-state index contributed by atoms with van der Waals surface area (Å²) in [7, 11) is 0. The zero-order valence-corrected chi connectivity index (χ0v) is 11.3. The lowest BCUT2D eigenvalue weighted by atomic mass is 10.0. The van der Waals surface area contributed by atoms with Gasteiger partial charge in [-0.25, -0.2) is 0 Å². The molecular weight excluding hydrogens is 204 g/mol. The molecular formula is C12H26N2S. The molecule has 0 radical (unpaired) electrons. The van der Waals surface area contributed by atoms with Crippen molar-refractivity contribution in [2.75, 3.05) is 37.7 Å². The Labute approximate surface area is 99.2 Å². The highest BCUT2D eigenvalue weighted by molar-refractivity contribution is 7.99. The molecule has 1 N–H and O–H groups in total. The minimum atomic E-state index is 0.706. The van der Waals surface area contributed by atoms with Gasteiger partial charge in [-0.1, -0.05) is 20.8 Å². The van der Waals surface area contributed by atoms with Crippen LogP contribution >= 0.6 is 11.8 Å². The average molecular weight is 230 g/mol. The van der Waals surface area contributed by atoms with Gasteiger partial charge >= 0.3 is 0 Å². The van der Waals surface area contributed by atoms with Gasteiger partial charge in [0.25, 0.3) is 0 Å². The molecule has 90 valence electrons. The zero-order chi connectivity index (χ0) is 11.1. The van der Waals surface area contributed by atoms with Crippen molar-refractivity contribution in [3.8, 4) is 0 Å². The summed E-state index contributed by atoms with van der Waals surface area (Å²) in [4.78, 5) is 2.62. The summed E-state index contributed by atoms with van der Waals surface area (Å²) < 4.78 is 0. The Morgan fingerprint density at radius 3 is 2.93 bits per heavy atom. The second kappa shape index (κ2) is 7.53. The summed E-state index contributed by atoms with van der Waals surface area (Å²) in [5.41, 5.74) is 0. The van der Waals surface area contributed by atoms with Crippen LogP contribution in [0.15, 0.2) is 0 Å². The Morgan fingerprint density at radius 2 is 2.27 bits per heavy atom. The van der Waals surface area contributed by atoms with E-state index in [9.17, 15) is 0 Å². The smallest absolute Gasteiger partial charge is 0.0218 e. The number of nitrogens with one attached hydrogen (secondary N) is 1. The molecule has 1 aliphatic rings. The van der Waals surface area contributed by atoms with Crippen molar-refractivity contribution in [2.24, 2.45) is 5.92 Å². The molecule has 0 aliphatic carbocycles. The van der Waals surface area contributed by atoms with Crippen molar-refractivity contribution in [1.82, 2.24) is 10.2 Å². The van der Waals surface area contributed by atoms with E-state index in [-0.39, 0.29) is 0 Å². The first-order chi connectivity index (χ1) is 7.24. The molecule has 1 fully saturated rings. The number of thioether (sulfide) groups is 1. The van der Waals surface area contributed by atoms with Gasteiger partial charge in [-0.15, -0.1) is 0 Å². The maximum Gasteiger partial charge on any atom is 0.0218 e. The summed E-state index contributed by atoms with van der Waals surface area (Å²) in [6.45, 7) is 11.8. The van der Waals surface area contributed by atoms with Crippen molar-refractivity contribution in [3.05, 3.63) is 0 Å². The van der Waals surface area contributed by atoms with Crippen LogP contribution in [-0.2, 0) is 0 Å². The number of hydrogen-bond donors (Lipinski definition) is 1. The minimum Gasteiger partial charge on any atom is -0.311 e. The summed E-state index contributed by atoms with van der Waals surface area (Å²) in [6.07, 6.45) is 1.35. The van der Waals surface area contributed by atoms with E-state index in [4.69, 9.17) is 0 Å². The van der Waals surface area contributed by atoms with Crippen molar-refractivity contribution < 1.29 is 0 Å². The number of rotatable bonds is 6. The minimum absolute atomic E-state index is 0.706. The summed E-state index contributed by atoms with van der Waals surface area (Å²) >= 11 is 2.06. The van der Waals surface area contributed by atoms with Gasteiger partial charge in [-0.05, 0) is 30.4 Å². The predicted molar refractivity (Wildman–Crippen MR) is 70.7 cm³/mol. The monoisotopic (exact) mass is 230 g/mol. The highest BCUT2D eigenvalue weighted by Gasteiger charge is 2.20. The molecule has 0 spiro atoms. The van der Waals surface area contributed by atoms with Crippen molar-refractivity contribution in [3.63, 3.8) is 0 Å². The highest BCUT2D eigenvalue weighted by Crippen LogP contribution is 2.09. The maximum absolute atomic E-state index is 3.60. The summed E-state index contributed by atoms with van der Waals surface area (Å²) in [5, 5.41) is 3.60. The first-order valence-electron chi connectivity index (χ1n) is 6.27. The second-order valence-corrected chi connectivity index (χ2v) is 6.05. The van der Waals surface area contributed by atoms with E-state index < -0.39 is 0 Å². The Balaban J connectivity index is 2.13. The first-order valence-corrected chi connectivity index (χ1v) is 7.43. The van der Waals surface area contributed by atoms with E-state index in [0.717, 1.165) is 5.92 Å². The second-order valence-electron chi connectivity index (χ2n) is 4.66. The maximum atomic E-state index is 3.60. The lowest BCUT2D eigenvalue weighted by molar-refractivity contribution is 0.176. The molecule has 1 aliphatic heterocycles. The van der Waals surface area contributed by atoms with Crippen molar-refractivity contribution in [1.29, 1.82) is 0 Å². The van der Waals surface area contributed by atoms with Gasteiger partial charge in [-0.3, -0.25) is 0 Å². The third-order valence-electron chi connectivity index (χ3n) is 3.06. The Hall–Kier alpha value is 0.270. The molecule has 0 bridgehead atoms. The lowest BCUT2D eigenvalue weighted by Crippen LogP contribution is -2.52. The van der Waals surface area contributed by atoms with Gasteiger partial charge < -0.3 is 10.2 Å². The number of hydrogen-bond acceptors (Lipinski definition) is 3. The van der Waals surface area contributed by atoms with Crippen LogP contribution in [0.1, 0.15) is 27.2 Å². The third-order valence-corrected chi connectivity index (χ3v) is 4.05. The van der Waals surface area contributed by atoms with Gasteiger partial charge in [-0.2, -0.15) is 11.8 Å². The van der Waals surface area contributed by atoms with E-state index in [1.807, 2.05) is 0 Å². The normalized spacial score (nSPS) is 23.6.